The number of aromatic nitrogens is 5. The Kier molecular flexibility index (Phi) is 5.90. The SMILES string of the molecule is CCNCCc1c(C)[nH]c(Cc2nccnc2-c2c[nH][nH]c2=O)c1-c1ccccc1. The zero-order chi connectivity index (χ0) is 20.9. The molecular formula is C23H26N6O. The Bertz CT molecular complexity index is 1170. The van der Waals surface area contributed by atoms with Crippen molar-refractivity contribution in [2.45, 2.75) is 26.7 Å². The van der Waals surface area contributed by atoms with E-state index in [4.69, 9.17) is 0 Å². The van der Waals surface area contributed by atoms with Gasteiger partial charge in [-0.2, -0.15) is 0 Å². The molecule has 0 amide bonds. The lowest BCUT2D eigenvalue weighted by molar-refractivity contribution is 0.715. The molecule has 7 heteroatoms. The van der Waals surface area contributed by atoms with Crippen LogP contribution in [0.4, 0.5) is 0 Å². The van der Waals surface area contributed by atoms with E-state index in [-0.39, 0.29) is 5.56 Å². The predicted molar refractivity (Wildman–Crippen MR) is 118 cm³/mol. The normalized spacial score (nSPS) is 11.1. The van der Waals surface area contributed by atoms with Crippen molar-refractivity contribution < 1.29 is 0 Å². The average Bonchev–Trinajstić information content (AvgIpc) is 3.32. The van der Waals surface area contributed by atoms with Crippen LogP contribution in [0.2, 0.25) is 0 Å². The van der Waals surface area contributed by atoms with Gasteiger partial charge in [0.05, 0.1) is 17.0 Å². The van der Waals surface area contributed by atoms with Crippen molar-refractivity contribution in [1.29, 1.82) is 0 Å². The standard InChI is InChI=1S/C23H26N6O/c1-3-24-10-9-17-15(2)28-19(21(17)16-7-5-4-6-8-16)13-20-22(26-12-11-25-20)18-14-27-29-23(18)30/h4-8,11-12,14,24,28H,3,9-10,13H2,1-2H3,(H2,27,29,30). The Morgan fingerprint density at radius 2 is 1.90 bits per heavy atom. The Hall–Kier alpha value is -3.45. The number of hydrogen-bond acceptors (Lipinski definition) is 4. The summed E-state index contributed by atoms with van der Waals surface area (Å²) < 4.78 is 0. The van der Waals surface area contributed by atoms with Crippen molar-refractivity contribution in [2.24, 2.45) is 0 Å². The van der Waals surface area contributed by atoms with Gasteiger partial charge in [-0.25, -0.2) is 0 Å². The van der Waals surface area contributed by atoms with Crippen LogP contribution < -0.4 is 10.9 Å². The predicted octanol–water partition coefficient (Wildman–Crippen LogP) is 3.21. The lowest BCUT2D eigenvalue weighted by Gasteiger charge is -2.10. The van der Waals surface area contributed by atoms with Gasteiger partial charge in [-0.15, -0.1) is 0 Å². The molecule has 30 heavy (non-hydrogen) atoms. The highest BCUT2D eigenvalue weighted by Crippen LogP contribution is 2.32. The summed E-state index contributed by atoms with van der Waals surface area (Å²) in [7, 11) is 0. The van der Waals surface area contributed by atoms with Gasteiger partial charge in [0, 0.05) is 42.0 Å². The number of H-pyrrole nitrogens is 3. The van der Waals surface area contributed by atoms with Crippen LogP contribution in [0, 0.1) is 6.92 Å². The fourth-order valence-electron chi connectivity index (χ4n) is 3.89. The Morgan fingerprint density at radius 1 is 1.10 bits per heavy atom. The minimum atomic E-state index is -0.200. The summed E-state index contributed by atoms with van der Waals surface area (Å²) in [6, 6.07) is 10.4. The summed E-state index contributed by atoms with van der Waals surface area (Å²) in [5.74, 6) is 0. The van der Waals surface area contributed by atoms with Crippen molar-refractivity contribution in [1.82, 2.24) is 30.5 Å². The molecule has 0 aliphatic carbocycles. The van der Waals surface area contributed by atoms with Crippen LogP contribution in [0.5, 0.6) is 0 Å². The van der Waals surface area contributed by atoms with Crippen molar-refractivity contribution >= 4 is 0 Å². The molecule has 3 heterocycles. The second-order valence-corrected chi connectivity index (χ2v) is 7.24. The summed E-state index contributed by atoms with van der Waals surface area (Å²) in [6.45, 7) is 6.10. The summed E-state index contributed by atoms with van der Waals surface area (Å²) in [5.41, 5.74) is 7.59. The first-order chi connectivity index (χ1) is 14.7. The molecule has 0 spiro atoms. The number of aromatic amines is 3. The first-order valence-electron chi connectivity index (χ1n) is 10.2. The molecule has 1 aromatic carbocycles. The molecule has 0 radical (unpaired) electrons. The van der Waals surface area contributed by atoms with Crippen LogP contribution in [0.1, 0.15) is 29.6 Å². The topological polar surface area (TPSA) is 102 Å². The third-order valence-corrected chi connectivity index (χ3v) is 5.28. The molecule has 7 nitrogen and oxygen atoms in total. The van der Waals surface area contributed by atoms with Crippen LogP contribution in [-0.4, -0.2) is 38.2 Å². The number of likely N-dealkylation sites (N-methyl/N-ethyl adjacent to an activating group) is 1. The van der Waals surface area contributed by atoms with Gasteiger partial charge in [0.2, 0.25) is 0 Å². The van der Waals surface area contributed by atoms with Crippen LogP contribution in [-0.2, 0) is 12.8 Å². The van der Waals surface area contributed by atoms with E-state index in [1.165, 1.54) is 16.7 Å². The van der Waals surface area contributed by atoms with E-state index in [9.17, 15) is 4.79 Å². The smallest absolute Gasteiger partial charge is 0.273 e. The van der Waals surface area contributed by atoms with Gasteiger partial charge in [0.25, 0.3) is 5.56 Å². The number of benzene rings is 1. The highest BCUT2D eigenvalue weighted by molar-refractivity contribution is 5.73. The molecule has 0 saturated carbocycles. The van der Waals surface area contributed by atoms with Crippen LogP contribution in [0.3, 0.4) is 0 Å². The number of nitrogens with one attached hydrogen (secondary N) is 4. The van der Waals surface area contributed by atoms with Gasteiger partial charge in [0.1, 0.15) is 0 Å². The quantitative estimate of drug-likeness (QED) is 0.340. The van der Waals surface area contributed by atoms with Crippen LogP contribution in [0.15, 0.2) is 53.7 Å². The Balaban J connectivity index is 1.78. The maximum atomic E-state index is 12.1. The van der Waals surface area contributed by atoms with E-state index in [0.717, 1.165) is 36.6 Å². The van der Waals surface area contributed by atoms with E-state index in [2.05, 4.69) is 68.6 Å². The van der Waals surface area contributed by atoms with Gasteiger partial charge < -0.3 is 15.4 Å². The molecule has 0 aliphatic heterocycles. The minimum Gasteiger partial charge on any atom is -0.361 e. The van der Waals surface area contributed by atoms with Crippen LogP contribution >= 0.6 is 0 Å². The monoisotopic (exact) mass is 402 g/mol. The third-order valence-electron chi connectivity index (χ3n) is 5.28. The molecule has 4 rings (SSSR count). The largest absolute Gasteiger partial charge is 0.361 e. The second kappa shape index (κ2) is 8.92. The third kappa shape index (κ3) is 3.97. The van der Waals surface area contributed by atoms with Gasteiger partial charge in [0.15, 0.2) is 0 Å². The van der Waals surface area contributed by atoms with E-state index in [1.54, 1.807) is 18.6 Å². The van der Waals surface area contributed by atoms with Crippen molar-refractivity contribution in [3.8, 4) is 22.4 Å². The van der Waals surface area contributed by atoms with Crippen molar-refractivity contribution in [3.63, 3.8) is 0 Å². The first kappa shape index (κ1) is 19.8. The molecule has 3 aromatic heterocycles. The van der Waals surface area contributed by atoms with Crippen LogP contribution in [0.25, 0.3) is 22.4 Å². The lowest BCUT2D eigenvalue weighted by atomic mass is 9.96. The highest BCUT2D eigenvalue weighted by Gasteiger charge is 2.20. The molecule has 4 aromatic rings. The second-order valence-electron chi connectivity index (χ2n) is 7.24. The number of aryl methyl sites for hydroxylation is 1. The molecule has 154 valence electrons. The summed E-state index contributed by atoms with van der Waals surface area (Å²) >= 11 is 0. The fraction of sp³-hybridized carbons (Fsp3) is 0.261. The number of nitrogens with zero attached hydrogens (tertiary/aromatic N) is 2. The maximum Gasteiger partial charge on any atom is 0.273 e. The average molecular weight is 403 g/mol. The maximum absolute atomic E-state index is 12.1. The van der Waals surface area contributed by atoms with Crippen molar-refractivity contribution in [2.75, 3.05) is 13.1 Å². The van der Waals surface area contributed by atoms with E-state index >= 15 is 0 Å². The molecule has 0 bridgehead atoms. The van der Waals surface area contributed by atoms with Gasteiger partial charge in [-0.3, -0.25) is 19.9 Å². The number of hydrogen-bond donors (Lipinski definition) is 4. The van der Waals surface area contributed by atoms with E-state index < -0.39 is 0 Å². The lowest BCUT2D eigenvalue weighted by Crippen LogP contribution is -2.16. The van der Waals surface area contributed by atoms with Gasteiger partial charge >= 0.3 is 0 Å². The molecular weight excluding hydrogens is 376 g/mol. The molecule has 0 atom stereocenters. The van der Waals surface area contributed by atoms with Gasteiger partial charge in [-0.1, -0.05) is 37.3 Å². The van der Waals surface area contributed by atoms with E-state index in [1.807, 2.05) is 6.07 Å². The molecule has 4 N–H and O–H groups in total. The molecule has 0 aliphatic rings. The fourth-order valence-corrected chi connectivity index (χ4v) is 3.89. The summed E-state index contributed by atoms with van der Waals surface area (Å²) in [6.07, 6.45) is 6.41. The Morgan fingerprint density at radius 3 is 2.63 bits per heavy atom. The zero-order valence-electron chi connectivity index (χ0n) is 17.2. The van der Waals surface area contributed by atoms with Crippen molar-refractivity contribution in [3.05, 3.63) is 81.9 Å². The van der Waals surface area contributed by atoms with E-state index in [0.29, 0.717) is 17.7 Å². The molecule has 0 fully saturated rings. The number of rotatable bonds is 8. The zero-order valence-corrected chi connectivity index (χ0v) is 17.2. The minimum absolute atomic E-state index is 0.200. The Labute approximate surface area is 175 Å². The summed E-state index contributed by atoms with van der Waals surface area (Å²) in [5, 5.41) is 8.74. The molecule has 0 saturated heterocycles. The molecule has 0 unspecified atom stereocenters. The first-order valence-corrected chi connectivity index (χ1v) is 10.2. The summed E-state index contributed by atoms with van der Waals surface area (Å²) in [4.78, 5) is 24.7. The highest BCUT2D eigenvalue weighted by atomic mass is 16.1. The van der Waals surface area contributed by atoms with Gasteiger partial charge in [-0.05, 0) is 37.6 Å².